The van der Waals surface area contributed by atoms with Crippen molar-refractivity contribution >= 4 is 28.6 Å². The molecule has 5 rings (SSSR count). The van der Waals surface area contributed by atoms with E-state index in [2.05, 4.69) is 5.32 Å². The van der Waals surface area contributed by atoms with Crippen molar-refractivity contribution in [3.63, 3.8) is 0 Å². The van der Waals surface area contributed by atoms with Crippen LogP contribution in [0.2, 0.25) is 0 Å². The number of nitrogens with one attached hydrogen (secondary N) is 1. The molecule has 0 radical (unpaired) electrons. The minimum atomic E-state index is -0.597. The molecule has 0 spiro atoms. The molecule has 138 valence electrons. The maximum Gasteiger partial charge on any atom is 0.255 e. The monoisotopic (exact) mass is 371 g/mol. The van der Waals surface area contributed by atoms with Gasteiger partial charge in [-0.15, -0.1) is 0 Å². The Bertz CT molecular complexity index is 1150. The number of amides is 3. The zero-order chi connectivity index (χ0) is 19.3. The Balaban J connectivity index is 1.47. The van der Waals surface area contributed by atoms with Crippen molar-refractivity contribution in [2.45, 2.75) is 25.4 Å². The fraction of sp³-hybridized carbons (Fsp3) is 0.182. The van der Waals surface area contributed by atoms with Gasteiger partial charge in [0.15, 0.2) is 0 Å². The van der Waals surface area contributed by atoms with Crippen LogP contribution in [-0.4, -0.2) is 33.6 Å². The van der Waals surface area contributed by atoms with E-state index in [4.69, 9.17) is 4.98 Å². The molecular weight excluding hydrogens is 354 g/mol. The lowest BCUT2D eigenvalue weighted by Crippen LogP contribution is -2.52. The summed E-state index contributed by atoms with van der Waals surface area (Å²) >= 11 is 0. The van der Waals surface area contributed by atoms with Crippen molar-refractivity contribution in [2.24, 2.45) is 0 Å². The molecule has 1 saturated heterocycles. The van der Waals surface area contributed by atoms with Gasteiger partial charge < -0.3 is 4.90 Å². The molecule has 6 heteroatoms. The number of benzene rings is 2. The molecule has 6 nitrogen and oxygen atoms in total. The van der Waals surface area contributed by atoms with Crippen LogP contribution in [0.15, 0.2) is 54.6 Å². The van der Waals surface area contributed by atoms with Crippen LogP contribution >= 0.6 is 0 Å². The van der Waals surface area contributed by atoms with Gasteiger partial charge in [-0.1, -0.05) is 30.3 Å². The number of rotatable bonds is 2. The van der Waals surface area contributed by atoms with E-state index in [1.807, 2.05) is 48.5 Å². The molecule has 28 heavy (non-hydrogen) atoms. The molecule has 0 saturated carbocycles. The summed E-state index contributed by atoms with van der Waals surface area (Å²) in [6.45, 7) is 0.363. The highest BCUT2D eigenvalue weighted by Gasteiger charge is 2.39. The van der Waals surface area contributed by atoms with E-state index in [9.17, 15) is 14.4 Å². The molecule has 1 unspecified atom stereocenters. The van der Waals surface area contributed by atoms with E-state index in [0.717, 1.165) is 27.7 Å². The van der Waals surface area contributed by atoms with Crippen molar-refractivity contribution < 1.29 is 14.4 Å². The quantitative estimate of drug-likeness (QED) is 0.703. The predicted octanol–water partition coefficient (Wildman–Crippen LogP) is 2.66. The van der Waals surface area contributed by atoms with Crippen LogP contribution in [0.1, 0.15) is 28.8 Å². The number of carbonyl (C=O) groups is 3. The molecule has 2 aromatic carbocycles. The van der Waals surface area contributed by atoms with E-state index < -0.39 is 11.9 Å². The molecule has 3 amide bonds. The van der Waals surface area contributed by atoms with E-state index in [1.54, 1.807) is 11.0 Å². The third kappa shape index (κ3) is 2.65. The molecule has 1 N–H and O–H groups in total. The van der Waals surface area contributed by atoms with Crippen molar-refractivity contribution in [3.05, 3.63) is 65.7 Å². The molecule has 3 heterocycles. The van der Waals surface area contributed by atoms with Gasteiger partial charge in [0.05, 0.1) is 11.2 Å². The lowest BCUT2D eigenvalue weighted by molar-refractivity contribution is -0.136. The van der Waals surface area contributed by atoms with Crippen LogP contribution in [0.25, 0.3) is 22.2 Å². The number of piperidine rings is 1. The Labute approximate surface area is 161 Å². The van der Waals surface area contributed by atoms with E-state index in [0.29, 0.717) is 18.5 Å². The van der Waals surface area contributed by atoms with Gasteiger partial charge in [-0.2, -0.15) is 0 Å². The Morgan fingerprint density at radius 3 is 2.71 bits per heavy atom. The Kier molecular flexibility index (Phi) is 3.72. The molecule has 0 bridgehead atoms. The number of fused-ring (bicyclic) bond motifs is 2. The van der Waals surface area contributed by atoms with Crippen molar-refractivity contribution in [1.82, 2.24) is 15.2 Å². The first-order valence-electron chi connectivity index (χ1n) is 9.24. The van der Waals surface area contributed by atoms with Crippen LogP contribution in [0.3, 0.4) is 0 Å². The maximum absolute atomic E-state index is 12.8. The highest BCUT2D eigenvalue weighted by Crippen LogP contribution is 2.31. The second-order valence-electron chi connectivity index (χ2n) is 7.16. The second-order valence-corrected chi connectivity index (χ2v) is 7.16. The molecule has 0 aliphatic carbocycles. The lowest BCUT2D eigenvalue weighted by Gasteiger charge is -2.29. The van der Waals surface area contributed by atoms with Gasteiger partial charge in [0, 0.05) is 29.5 Å². The zero-order valence-corrected chi connectivity index (χ0v) is 15.0. The Morgan fingerprint density at radius 1 is 1.00 bits per heavy atom. The summed E-state index contributed by atoms with van der Waals surface area (Å²) in [5, 5.41) is 3.40. The number of nitrogens with zero attached hydrogens (tertiary/aromatic N) is 2. The fourth-order valence-corrected chi connectivity index (χ4v) is 3.96. The average molecular weight is 371 g/mol. The van der Waals surface area contributed by atoms with Gasteiger partial charge >= 0.3 is 0 Å². The molecule has 3 aromatic rings. The zero-order valence-electron chi connectivity index (χ0n) is 15.0. The van der Waals surface area contributed by atoms with Crippen LogP contribution < -0.4 is 5.32 Å². The van der Waals surface area contributed by atoms with Crippen LogP contribution in [-0.2, 0) is 16.1 Å². The standard InChI is InChI=1S/C22H17N3O3/c26-20-10-9-19(21(27)24-20)25-12-15-11-14(5-7-16(15)22(25)28)18-8-6-13-3-1-2-4-17(13)23-18/h1-8,11,19H,9-10,12H2,(H,24,26,27). The maximum atomic E-state index is 12.8. The number of hydrogen-bond donors (Lipinski definition) is 1. The van der Waals surface area contributed by atoms with Crippen molar-refractivity contribution in [2.75, 3.05) is 0 Å². The summed E-state index contributed by atoms with van der Waals surface area (Å²) in [5.41, 5.74) is 4.17. The number of aromatic nitrogens is 1. The lowest BCUT2D eigenvalue weighted by atomic mass is 10.0. The number of pyridine rings is 1. The topological polar surface area (TPSA) is 79.4 Å². The molecule has 2 aliphatic rings. The molecular formula is C22H17N3O3. The van der Waals surface area contributed by atoms with Crippen molar-refractivity contribution in [1.29, 1.82) is 0 Å². The first-order valence-corrected chi connectivity index (χ1v) is 9.24. The summed E-state index contributed by atoms with van der Waals surface area (Å²) in [4.78, 5) is 42.6. The van der Waals surface area contributed by atoms with E-state index in [1.165, 1.54) is 0 Å². The average Bonchev–Trinajstić information content (AvgIpc) is 3.03. The predicted molar refractivity (Wildman–Crippen MR) is 103 cm³/mol. The van der Waals surface area contributed by atoms with Gasteiger partial charge in [0.1, 0.15) is 6.04 Å². The SMILES string of the molecule is O=C1CCC(N2Cc3cc(-c4ccc5ccccc5n4)ccc3C2=O)C(=O)N1. The van der Waals surface area contributed by atoms with Crippen LogP contribution in [0.4, 0.5) is 0 Å². The molecule has 1 aromatic heterocycles. The van der Waals surface area contributed by atoms with E-state index in [-0.39, 0.29) is 18.2 Å². The Morgan fingerprint density at radius 2 is 1.86 bits per heavy atom. The number of para-hydroxylation sites is 1. The third-order valence-electron chi connectivity index (χ3n) is 5.42. The van der Waals surface area contributed by atoms with Gasteiger partial charge in [-0.25, -0.2) is 4.98 Å². The van der Waals surface area contributed by atoms with E-state index >= 15 is 0 Å². The summed E-state index contributed by atoms with van der Waals surface area (Å²) in [6.07, 6.45) is 0.617. The first-order chi connectivity index (χ1) is 13.6. The summed E-state index contributed by atoms with van der Waals surface area (Å²) in [6, 6.07) is 17.0. The third-order valence-corrected chi connectivity index (χ3v) is 5.42. The summed E-state index contributed by atoms with van der Waals surface area (Å²) < 4.78 is 0. The molecule has 1 atom stereocenters. The van der Waals surface area contributed by atoms with Gasteiger partial charge in [-0.3, -0.25) is 19.7 Å². The smallest absolute Gasteiger partial charge is 0.255 e. The first kappa shape index (κ1) is 16.6. The minimum absolute atomic E-state index is 0.164. The minimum Gasteiger partial charge on any atom is -0.322 e. The fourth-order valence-electron chi connectivity index (χ4n) is 3.96. The molecule has 2 aliphatic heterocycles. The van der Waals surface area contributed by atoms with Crippen LogP contribution in [0.5, 0.6) is 0 Å². The van der Waals surface area contributed by atoms with Gasteiger partial charge in [0.2, 0.25) is 11.8 Å². The Hall–Kier alpha value is -3.54. The normalized spacial score (nSPS) is 19.1. The largest absolute Gasteiger partial charge is 0.322 e. The highest BCUT2D eigenvalue weighted by atomic mass is 16.2. The van der Waals surface area contributed by atoms with Crippen molar-refractivity contribution in [3.8, 4) is 11.3 Å². The van der Waals surface area contributed by atoms with Crippen LogP contribution in [0, 0.1) is 0 Å². The summed E-state index contributed by atoms with van der Waals surface area (Å²) in [7, 11) is 0. The van der Waals surface area contributed by atoms with Gasteiger partial charge in [0.25, 0.3) is 5.91 Å². The number of hydrogen-bond acceptors (Lipinski definition) is 4. The molecule has 1 fully saturated rings. The second kappa shape index (κ2) is 6.27. The number of imide groups is 1. The van der Waals surface area contributed by atoms with Gasteiger partial charge in [-0.05, 0) is 36.2 Å². The number of carbonyl (C=O) groups excluding carboxylic acids is 3. The summed E-state index contributed by atoms with van der Waals surface area (Å²) in [5.74, 6) is -0.841. The highest BCUT2D eigenvalue weighted by molar-refractivity contribution is 6.05.